The van der Waals surface area contributed by atoms with Crippen LogP contribution in [-0.4, -0.2) is 12.9 Å². The fourth-order valence-electron chi connectivity index (χ4n) is 3.30. The second-order valence-electron chi connectivity index (χ2n) is 7.37. The van der Waals surface area contributed by atoms with Crippen molar-refractivity contribution in [3.63, 3.8) is 0 Å². The molecule has 0 radical (unpaired) electrons. The number of aliphatic imine (C=N–C) groups is 1. The summed E-state index contributed by atoms with van der Waals surface area (Å²) in [5, 5.41) is 1.59. The molecular formula is C21H25Cl2N3. The third kappa shape index (κ3) is 4.06. The summed E-state index contributed by atoms with van der Waals surface area (Å²) in [5.41, 5.74) is 5.83. The van der Waals surface area contributed by atoms with Gasteiger partial charge in [-0.2, -0.15) is 0 Å². The zero-order valence-electron chi connectivity index (χ0n) is 15.2. The second-order valence-corrected chi connectivity index (χ2v) is 8.25. The average molecular weight is 390 g/mol. The van der Waals surface area contributed by atoms with Gasteiger partial charge in [0.15, 0.2) is 0 Å². The molecule has 2 saturated carbocycles. The maximum atomic E-state index is 5.86. The zero-order valence-corrected chi connectivity index (χ0v) is 16.7. The van der Waals surface area contributed by atoms with E-state index in [1.165, 1.54) is 24.0 Å². The molecule has 0 aromatic heterocycles. The first-order chi connectivity index (χ1) is 12.4. The summed E-state index contributed by atoms with van der Waals surface area (Å²) >= 11 is 11.6. The Morgan fingerprint density at radius 2 is 1.35 bits per heavy atom. The van der Waals surface area contributed by atoms with Crippen LogP contribution in [0.25, 0.3) is 0 Å². The van der Waals surface area contributed by atoms with Gasteiger partial charge >= 0.3 is 0 Å². The van der Waals surface area contributed by atoms with Crippen molar-refractivity contribution in [2.45, 2.75) is 43.4 Å². The van der Waals surface area contributed by atoms with Gasteiger partial charge in [0.05, 0.1) is 5.41 Å². The predicted molar refractivity (Wildman–Crippen MR) is 111 cm³/mol. The van der Waals surface area contributed by atoms with E-state index in [2.05, 4.69) is 29.5 Å². The number of amidine groups is 1. The number of halogens is 2. The summed E-state index contributed by atoms with van der Waals surface area (Å²) < 4.78 is 0. The zero-order chi connectivity index (χ0) is 18.8. The van der Waals surface area contributed by atoms with Crippen LogP contribution < -0.4 is 11.3 Å². The molecule has 4 rings (SSSR count). The van der Waals surface area contributed by atoms with Crippen molar-refractivity contribution in [3.05, 3.63) is 69.7 Å². The summed E-state index contributed by atoms with van der Waals surface area (Å²) in [6.07, 6.45) is 4.83. The molecule has 0 spiro atoms. The molecule has 0 saturated heterocycles. The summed E-state index contributed by atoms with van der Waals surface area (Å²) in [5.74, 6) is 6.32. The van der Waals surface area contributed by atoms with Gasteiger partial charge in [0.2, 0.25) is 0 Å². The van der Waals surface area contributed by atoms with Crippen LogP contribution in [0.15, 0.2) is 53.5 Å². The normalized spacial score (nSPS) is 19.2. The van der Waals surface area contributed by atoms with Crippen LogP contribution in [0.3, 0.4) is 0 Å². The highest BCUT2D eigenvalue weighted by atomic mass is 35.5. The Bertz CT molecular complexity index is 774. The van der Waals surface area contributed by atoms with Crippen LogP contribution >= 0.6 is 23.2 Å². The summed E-state index contributed by atoms with van der Waals surface area (Å²) in [6.45, 7) is 2.30. The van der Waals surface area contributed by atoms with E-state index in [0.717, 1.165) is 28.7 Å². The minimum absolute atomic E-state index is 0.00802. The molecule has 0 amide bonds. The van der Waals surface area contributed by atoms with Crippen LogP contribution in [0.5, 0.6) is 0 Å². The highest BCUT2D eigenvalue weighted by molar-refractivity contribution is 6.30. The first kappa shape index (κ1) is 19.2. The van der Waals surface area contributed by atoms with E-state index in [0.29, 0.717) is 5.41 Å². The summed E-state index contributed by atoms with van der Waals surface area (Å²) in [4.78, 5) is 4.19. The smallest absolute Gasteiger partial charge is 0.121 e. The van der Waals surface area contributed by atoms with E-state index in [1.807, 2.05) is 36.4 Å². The van der Waals surface area contributed by atoms with Crippen molar-refractivity contribution in [2.24, 2.45) is 10.8 Å². The number of nitrogens with two attached hydrogens (primary N) is 1. The fourth-order valence-corrected chi connectivity index (χ4v) is 3.55. The predicted octanol–water partition coefficient (Wildman–Crippen LogP) is 5.25. The Balaban J connectivity index is 0.000000158. The van der Waals surface area contributed by atoms with Crippen LogP contribution in [0.4, 0.5) is 0 Å². The van der Waals surface area contributed by atoms with Gasteiger partial charge in [-0.25, -0.2) is 5.84 Å². The third-order valence-corrected chi connectivity index (χ3v) is 6.01. The molecular weight excluding hydrogens is 365 g/mol. The largest absolute Gasteiger partial charge is 0.312 e. The van der Waals surface area contributed by atoms with Crippen molar-refractivity contribution in [2.75, 3.05) is 7.05 Å². The molecule has 0 unspecified atom stereocenters. The number of rotatable bonds is 3. The van der Waals surface area contributed by atoms with Crippen molar-refractivity contribution in [3.8, 4) is 0 Å². The maximum absolute atomic E-state index is 5.86. The molecule has 3 N–H and O–H groups in total. The Morgan fingerprint density at radius 3 is 1.69 bits per heavy atom. The van der Waals surface area contributed by atoms with Gasteiger partial charge in [0.1, 0.15) is 5.84 Å². The molecule has 2 aromatic rings. The van der Waals surface area contributed by atoms with Gasteiger partial charge in [0, 0.05) is 17.1 Å². The number of hydrazine groups is 1. The van der Waals surface area contributed by atoms with Gasteiger partial charge in [-0.05, 0) is 66.5 Å². The number of nitrogens with zero attached hydrogens (tertiary/aromatic N) is 1. The van der Waals surface area contributed by atoms with Crippen molar-refractivity contribution in [1.82, 2.24) is 5.43 Å². The molecule has 138 valence electrons. The fraction of sp³-hybridized carbons (Fsp3) is 0.381. The number of nitrogens with one attached hydrogen (secondary N) is 1. The maximum Gasteiger partial charge on any atom is 0.121 e. The molecule has 2 aromatic carbocycles. The van der Waals surface area contributed by atoms with E-state index in [1.54, 1.807) is 7.05 Å². The van der Waals surface area contributed by atoms with E-state index in [-0.39, 0.29) is 5.41 Å². The lowest BCUT2D eigenvalue weighted by atomic mass is 9.95. The molecule has 2 aliphatic rings. The minimum Gasteiger partial charge on any atom is -0.312 e. The molecule has 0 heterocycles. The third-order valence-electron chi connectivity index (χ3n) is 5.50. The highest BCUT2D eigenvalue weighted by Crippen LogP contribution is 2.49. The summed E-state index contributed by atoms with van der Waals surface area (Å²) in [7, 11) is 1.76. The first-order valence-electron chi connectivity index (χ1n) is 8.89. The first-order valence-corrected chi connectivity index (χ1v) is 9.65. The lowest BCUT2D eigenvalue weighted by molar-refractivity contribution is 0.788. The van der Waals surface area contributed by atoms with Crippen LogP contribution in [-0.2, 0) is 10.8 Å². The SMILES string of the molecule is CC1(c2ccc(Cl)cc2)CC1.CN=C(NN)C1(c2ccc(Cl)cc2)CC1. The molecule has 5 heteroatoms. The molecule has 0 aliphatic heterocycles. The number of benzene rings is 2. The van der Waals surface area contributed by atoms with Crippen molar-refractivity contribution < 1.29 is 0 Å². The van der Waals surface area contributed by atoms with E-state index >= 15 is 0 Å². The Morgan fingerprint density at radius 1 is 0.885 bits per heavy atom. The highest BCUT2D eigenvalue weighted by Gasteiger charge is 2.48. The average Bonchev–Trinajstić information content (AvgIpc) is 3.56. The van der Waals surface area contributed by atoms with Gasteiger partial charge in [-0.3, -0.25) is 4.99 Å². The summed E-state index contributed by atoms with van der Waals surface area (Å²) in [6, 6.07) is 16.1. The van der Waals surface area contributed by atoms with Gasteiger partial charge in [-0.15, -0.1) is 0 Å². The van der Waals surface area contributed by atoms with Crippen molar-refractivity contribution in [1.29, 1.82) is 0 Å². The van der Waals surface area contributed by atoms with Gasteiger partial charge in [-0.1, -0.05) is 54.4 Å². The second kappa shape index (κ2) is 7.59. The van der Waals surface area contributed by atoms with Gasteiger partial charge in [0.25, 0.3) is 0 Å². The number of hydrogen-bond acceptors (Lipinski definition) is 2. The molecule has 0 bridgehead atoms. The van der Waals surface area contributed by atoms with E-state index in [9.17, 15) is 0 Å². The lowest BCUT2D eigenvalue weighted by Gasteiger charge is -2.17. The molecule has 2 fully saturated rings. The lowest BCUT2D eigenvalue weighted by Crippen LogP contribution is -2.39. The Labute approximate surface area is 165 Å². The Kier molecular flexibility index (Phi) is 5.61. The van der Waals surface area contributed by atoms with Crippen LogP contribution in [0.1, 0.15) is 43.7 Å². The number of hydrogen-bond donors (Lipinski definition) is 2. The monoisotopic (exact) mass is 389 g/mol. The minimum atomic E-state index is 0.00802. The topological polar surface area (TPSA) is 50.4 Å². The standard InChI is InChI=1S/C11H14ClN3.C10H11Cl/c1-14-10(15-13)11(6-7-11)8-2-4-9(12)5-3-8;1-10(6-7-10)8-2-4-9(11)5-3-8/h2-5H,6-7,13H2,1H3,(H,14,15);2-5H,6-7H2,1H3. The van der Waals surface area contributed by atoms with Crippen LogP contribution in [0, 0.1) is 0 Å². The van der Waals surface area contributed by atoms with Gasteiger partial charge < -0.3 is 5.43 Å². The Hall–Kier alpha value is -1.55. The van der Waals surface area contributed by atoms with Crippen molar-refractivity contribution >= 4 is 29.0 Å². The van der Waals surface area contributed by atoms with E-state index < -0.39 is 0 Å². The molecule has 0 atom stereocenters. The van der Waals surface area contributed by atoms with Crippen LogP contribution in [0.2, 0.25) is 10.0 Å². The molecule has 26 heavy (non-hydrogen) atoms. The molecule has 2 aliphatic carbocycles. The van der Waals surface area contributed by atoms with E-state index in [4.69, 9.17) is 29.0 Å². The molecule has 3 nitrogen and oxygen atoms in total. The quantitative estimate of drug-likeness (QED) is 0.325.